The molecule has 124 valence electrons. The van der Waals surface area contributed by atoms with E-state index in [-0.39, 0.29) is 0 Å². The second-order valence-electron chi connectivity index (χ2n) is 5.76. The number of aromatic nitrogens is 1. The third-order valence-electron chi connectivity index (χ3n) is 4.56. The summed E-state index contributed by atoms with van der Waals surface area (Å²) in [5.74, 6) is -0.638. The zero-order chi connectivity index (χ0) is 16.6. The van der Waals surface area contributed by atoms with Crippen molar-refractivity contribution in [1.29, 1.82) is 0 Å². The number of hydrogen-bond acceptors (Lipinski definition) is 3. The summed E-state index contributed by atoms with van der Waals surface area (Å²) in [7, 11) is 3.25. The van der Waals surface area contributed by atoms with Gasteiger partial charge >= 0.3 is 5.97 Å². The van der Waals surface area contributed by atoms with Gasteiger partial charge in [0.1, 0.15) is 5.75 Å². The maximum absolute atomic E-state index is 11.8. The van der Waals surface area contributed by atoms with E-state index in [1.807, 2.05) is 0 Å². The minimum Gasteiger partial charge on any atom is -0.496 e. The highest BCUT2D eigenvalue weighted by Crippen LogP contribution is 2.45. The summed E-state index contributed by atoms with van der Waals surface area (Å²) in [5.41, 5.74) is 2.75. The lowest BCUT2D eigenvalue weighted by molar-refractivity contribution is -0.139. The van der Waals surface area contributed by atoms with Crippen molar-refractivity contribution in [3.63, 3.8) is 0 Å². The minimum atomic E-state index is -0.793. The Balaban J connectivity index is 2.36. The molecule has 0 saturated heterocycles. The van der Waals surface area contributed by atoms with E-state index in [0.717, 1.165) is 35.0 Å². The number of rotatable bonds is 5. The number of nitrogens with zero attached hydrogens (tertiary/aromatic N) is 1. The molecule has 0 fully saturated rings. The Morgan fingerprint density at radius 1 is 1.43 bits per heavy atom. The highest BCUT2D eigenvalue weighted by Gasteiger charge is 2.33. The molecule has 0 spiro atoms. The summed E-state index contributed by atoms with van der Waals surface area (Å²) >= 11 is 6.45. The van der Waals surface area contributed by atoms with Crippen LogP contribution in [0.25, 0.3) is 10.9 Å². The zero-order valence-electron chi connectivity index (χ0n) is 13.3. The van der Waals surface area contributed by atoms with E-state index in [1.54, 1.807) is 26.4 Å². The Labute approximate surface area is 139 Å². The van der Waals surface area contributed by atoms with Gasteiger partial charge in [-0.3, -0.25) is 4.79 Å². The van der Waals surface area contributed by atoms with Crippen LogP contribution in [0.1, 0.15) is 30.0 Å². The van der Waals surface area contributed by atoms with Crippen LogP contribution in [-0.2, 0) is 22.5 Å². The fourth-order valence-electron chi connectivity index (χ4n) is 3.61. The topological polar surface area (TPSA) is 60.7 Å². The molecule has 2 aromatic rings. The van der Waals surface area contributed by atoms with Crippen molar-refractivity contribution in [2.75, 3.05) is 20.8 Å². The van der Waals surface area contributed by atoms with Crippen LogP contribution in [0.2, 0.25) is 5.02 Å². The fourth-order valence-corrected chi connectivity index (χ4v) is 3.86. The summed E-state index contributed by atoms with van der Waals surface area (Å²) in [6.07, 6.45) is 2.34. The van der Waals surface area contributed by atoms with Crippen molar-refractivity contribution in [2.45, 2.75) is 31.7 Å². The molecule has 1 aromatic heterocycles. The molecule has 1 heterocycles. The molecule has 0 saturated carbocycles. The fraction of sp³-hybridized carbons (Fsp3) is 0.471. The number of carboxylic acid groups (broad SMARTS) is 1. The van der Waals surface area contributed by atoms with Crippen LogP contribution < -0.4 is 4.74 Å². The van der Waals surface area contributed by atoms with Gasteiger partial charge in [0.25, 0.3) is 0 Å². The molecule has 1 atom stereocenters. The molecular weight excluding hydrogens is 318 g/mol. The second kappa shape index (κ2) is 6.42. The van der Waals surface area contributed by atoms with Gasteiger partial charge in [-0.2, -0.15) is 0 Å². The number of methoxy groups -OCH3 is 2. The van der Waals surface area contributed by atoms with Crippen molar-refractivity contribution in [3.8, 4) is 5.75 Å². The number of halogens is 1. The molecule has 3 rings (SSSR count). The highest BCUT2D eigenvalue weighted by molar-refractivity contribution is 6.35. The van der Waals surface area contributed by atoms with Crippen molar-refractivity contribution < 1.29 is 19.4 Å². The molecule has 23 heavy (non-hydrogen) atoms. The average molecular weight is 338 g/mol. The maximum Gasteiger partial charge on any atom is 0.311 e. The molecule has 0 amide bonds. The van der Waals surface area contributed by atoms with Gasteiger partial charge in [-0.25, -0.2) is 0 Å². The van der Waals surface area contributed by atoms with Crippen molar-refractivity contribution in [3.05, 3.63) is 28.4 Å². The summed E-state index contributed by atoms with van der Waals surface area (Å²) in [6.45, 7) is 1.18. The molecule has 1 aliphatic rings. The smallest absolute Gasteiger partial charge is 0.311 e. The van der Waals surface area contributed by atoms with E-state index < -0.39 is 11.9 Å². The lowest BCUT2D eigenvalue weighted by Crippen LogP contribution is -2.19. The Hall–Kier alpha value is -1.72. The number of carboxylic acids is 1. The number of aliphatic carboxylic acids is 1. The van der Waals surface area contributed by atoms with E-state index in [0.29, 0.717) is 30.3 Å². The molecule has 1 N–H and O–H groups in total. The van der Waals surface area contributed by atoms with E-state index in [1.165, 1.54) is 0 Å². The SMILES string of the molecule is COCCn1c2c(c3c(OC)ccc(Cl)c31)[C@@H](C(=O)O)CCC2. The third-order valence-corrected chi connectivity index (χ3v) is 4.86. The quantitative estimate of drug-likeness (QED) is 0.907. The number of benzene rings is 1. The minimum absolute atomic E-state index is 0.516. The Morgan fingerprint density at radius 3 is 2.87 bits per heavy atom. The van der Waals surface area contributed by atoms with Gasteiger partial charge in [-0.15, -0.1) is 0 Å². The zero-order valence-corrected chi connectivity index (χ0v) is 14.0. The molecule has 0 unspecified atom stereocenters. The Kier molecular flexibility index (Phi) is 4.50. The summed E-state index contributed by atoms with van der Waals surface area (Å²) in [4.78, 5) is 11.8. The van der Waals surface area contributed by atoms with Crippen LogP contribution in [0.3, 0.4) is 0 Å². The van der Waals surface area contributed by atoms with Gasteiger partial charge in [0.05, 0.1) is 30.2 Å². The predicted octanol–water partition coefficient (Wildman–Crippen LogP) is 3.45. The highest BCUT2D eigenvalue weighted by atomic mass is 35.5. The van der Waals surface area contributed by atoms with E-state index >= 15 is 0 Å². The number of fused-ring (bicyclic) bond motifs is 3. The van der Waals surface area contributed by atoms with Crippen molar-refractivity contribution in [2.24, 2.45) is 0 Å². The molecule has 5 nitrogen and oxygen atoms in total. The van der Waals surface area contributed by atoms with Crippen LogP contribution in [-0.4, -0.2) is 36.5 Å². The first-order valence-electron chi connectivity index (χ1n) is 7.69. The lowest BCUT2D eigenvalue weighted by atomic mass is 9.85. The molecule has 1 aromatic carbocycles. The molecule has 0 aliphatic heterocycles. The molecule has 1 aliphatic carbocycles. The normalized spacial score (nSPS) is 17.3. The number of ether oxygens (including phenoxy) is 2. The number of hydrogen-bond donors (Lipinski definition) is 1. The van der Waals surface area contributed by atoms with E-state index in [9.17, 15) is 9.90 Å². The molecule has 6 heteroatoms. The van der Waals surface area contributed by atoms with Gasteiger partial charge < -0.3 is 19.1 Å². The van der Waals surface area contributed by atoms with E-state index in [4.69, 9.17) is 21.1 Å². The van der Waals surface area contributed by atoms with Crippen LogP contribution in [0.4, 0.5) is 0 Å². The van der Waals surface area contributed by atoms with Gasteiger partial charge in [0, 0.05) is 24.7 Å². The summed E-state index contributed by atoms with van der Waals surface area (Å²) in [6, 6.07) is 3.60. The maximum atomic E-state index is 11.8. The molecule has 0 radical (unpaired) electrons. The van der Waals surface area contributed by atoms with Crippen LogP contribution in [0.15, 0.2) is 12.1 Å². The van der Waals surface area contributed by atoms with Gasteiger partial charge in [-0.05, 0) is 37.0 Å². The van der Waals surface area contributed by atoms with Crippen LogP contribution >= 0.6 is 11.6 Å². The second-order valence-corrected chi connectivity index (χ2v) is 6.17. The van der Waals surface area contributed by atoms with Crippen molar-refractivity contribution in [1.82, 2.24) is 4.57 Å². The van der Waals surface area contributed by atoms with Crippen molar-refractivity contribution >= 4 is 28.5 Å². The lowest BCUT2D eigenvalue weighted by Gasteiger charge is -2.21. The molecular formula is C17H20ClNO4. The first kappa shape index (κ1) is 16.1. The predicted molar refractivity (Wildman–Crippen MR) is 88.7 cm³/mol. The summed E-state index contributed by atoms with van der Waals surface area (Å²) in [5, 5.41) is 11.1. The standard InChI is InChI=1S/C17H20ClNO4/c1-22-9-8-19-12-5-3-4-10(17(20)21)14(12)15-13(23-2)7-6-11(18)16(15)19/h6-7,10H,3-5,8-9H2,1-2H3,(H,20,21)/t10-/m0/s1. The third kappa shape index (κ3) is 2.58. The average Bonchev–Trinajstić information content (AvgIpc) is 2.88. The van der Waals surface area contributed by atoms with Crippen LogP contribution in [0.5, 0.6) is 5.75 Å². The summed E-state index contributed by atoms with van der Waals surface area (Å²) < 4.78 is 12.8. The van der Waals surface area contributed by atoms with E-state index in [2.05, 4.69) is 4.57 Å². The number of carbonyl (C=O) groups is 1. The first-order chi connectivity index (χ1) is 11.1. The molecule has 0 bridgehead atoms. The van der Waals surface area contributed by atoms with Crippen LogP contribution in [0, 0.1) is 0 Å². The van der Waals surface area contributed by atoms with Gasteiger partial charge in [0.15, 0.2) is 0 Å². The van der Waals surface area contributed by atoms with Gasteiger partial charge in [-0.1, -0.05) is 11.6 Å². The Morgan fingerprint density at radius 2 is 2.22 bits per heavy atom. The largest absolute Gasteiger partial charge is 0.496 e. The Bertz CT molecular complexity index is 753. The monoisotopic (exact) mass is 337 g/mol. The first-order valence-corrected chi connectivity index (χ1v) is 8.07. The van der Waals surface area contributed by atoms with Gasteiger partial charge in [0.2, 0.25) is 0 Å².